The quantitative estimate of drug-likeness (QED) is 0.0449. The van der Waals surface area contributed by atoms with Gasteiger partial charge in [-0.15, -0.1) is 0 Å². The second-order valence-corrected chi connectivity index (χ2v) is 20.4. The fourth-order valence-electron chi connectivity index (χ4n) is 6.27. The molecule has 0 aromatic heterocycles. The number of amides is 6. The fraction of sp³-hybridized carbons (Fsp3) is 0.538. The first-order valence-electron chi connectivity index (χ1n) is 19.9. The minimum atomic E-state index is -1.82. The minimum Gasteiger partial charge on any atom is -0.394 e. The summed E-state index contributed by atoms with van der Waals surface area (Å²) in [5, 5.41) is 94.8. The zero-order valence-electron chi connectivity index (χ0n) is 36.1. The highest BCUT2D eigenvalue weighted by Crippen LogP contribution is 2.38. The van der Waals surface area contributed by atoms with Crippen molar-refractivity contribution in [1.29, 1.82) is 0 Å². The van der Waals surface area contributed by atoms with Crippen molar-refractivity contribution in [3.8, 4) is 0 Å². The van der Waals surface area contributed by atoms with Gasteiger partial charge in [-0.05, 0) is 151 Å². The molecule has 2 aromatic rings. The number of nitrogens with one attached hydrogen (secondary N) is 4. The van der Waals surface area contributed by atoms with Gasteiger partial charge in [0.25, 0.3) is 35.4 Å². The van der Waals surface area contributed by atoms with Gasteiger partial charge in [-0.1, -0.05) is 0 Å². The Hall–Kier alpha value is -1.49. The number of halogens is 5. The van der Waals surface area contributed by atoms with Crippen molar-refractivity contribution >= 4 is 160 Å². The van der Waals surface area contributed by atoms with Crippen molar-refractivity contribution in [1.82, 2.24) is 25.5 Å². The molecule has 0 aliphatic heterocycles. The lowest BCUT2D eigenvalue weighted by Gasteiger charge is -2.27. The first kappa shape index (κ1) is 60.6. The van der Waals surface area contributed by atoms with E-state index in [9.17, 15) is 74.8 Å². The van der Waals surface area contributed by atoms with Crippen LogP contribution in [0.3, 0.4) is 0 Å². The second-order valence-electron chi connectivity index (χ2n) is 15.0. The van der Waals surface area contributed by atoms with Crippen LogP contribution in [0.25, 0.3) is 0 Å². The molecule has 0 bridgehead atoms. The number of nitrogens with zero attached hydrogens (tertiary/aromatic N) is 3. The molecule has 0 fully saturated rings. The molecule has 13 N–H and O–H groups in total. The third kappa shape index (κ3) is 16.0. The Bertz CT molecular complexity index is 2090. The molecule has 22 nitrogen and oxygen atoms in total. The van der Waals surface area contributed by atoms with E-state index in [-0.39, 0.29) is 95.7 Å². The Morgan fingerprint density at radius 2 is 0.955 bits per heavy atom. The van der Waals surface area contributed by atoms with E-state index in [1.807, 2.05) is 113 Å². The Morgan fingerprint density at radius 3 is 1.41 bits per heavy atom. The zero-order chi connectivity index (χ0) is 50.3. The Morgan fingerprint density at radius 1 is 0.545 bits per heavy atom. The van der Waals surface area contributed by atoms with Gasteiger partial charge in [0.1, 0.15) is 0 Å². The number of likely N-dealkylation sites (N-methyl/N-ethyl adjacent to an activating group) is 2. The van der Waals surface area contributed by atoms with Gasteiger partial charge in [-0.2, -0.15) is 0 Å². The monoisotopic (exact) mass is 1490 g/mol. The van der Waals surface area contributed by atoms with E-state index >= 15 is 0 Å². The maximum absolute atomic E-state index is 14.3. The molecule has 0 saturated heterocycles. The lowest BCUT2D eigenvalue weighted by molar-refractivity contribution is -0.126. The van der Waals surface area contributed by atoms with Crippen LogP contribution >= 0.6 is 113 Å². The van der Waals surface area contributed by atoms with Crippen molar-refractivity contribution in [2.24, 2.45) is 5.92 Å². The standard InChI is InChI=1S/C39H54I5N7O15/c1-17-23(27(40)25(38(64)50(3)11-19(56)13-52)30(43)32(17)47-34(60)21(58)15-54)37(63)49(2)10-7-18(6-9-46-66)5-8-45-36(62)24-28(41)26(39(65)51(4)12-20(57)14-53)31(44)33(29(24)42)48-35(61)22(59)16-55/h18-22,46,52-59,66H,5-16H2,1-4H3,(H,45,62)(H,47,60)(H,48,61). The second kappa shape index (κ2) is 29.0. The third-order valence-electron chi connectivity index (χ3n) is 10.1. The van der Waals surface area contributed by atoms with Gasteiger partial charge in [-0.3, -0.25) is 28.8 Å². The number of rotatable bonds is 25. The van der Waals surface area contributed by atoms with Crippen LogP contribution in [0.1, 0.15) is 66.3 Å². The van der Waals surface area contributed by atoms with E-state index in [4.69, 9.17) is 0 Å². The molecule has 2 rings (SSSR count). The highest BCUT2D eigenvalue weighted by atomic mass is 127. The first-order valence-corrected chi connectivity index (χ1v) is 25.3. The molecule has 66 heavy (non-hydrogen) atoms. The van der Waals surface area contributed by atoms with Crippen LogP contribution in [-0.2, 0) is 9.59 Å². The summed E-state index contributed by atoms with van der Waals surface area (Å²) in [6, 6.07) is 0. The van der Waals surface area contributed by atoms with E-state index in [1.165, 1.54) is 26.0 Å². The van der Waals surface area contributed by atoms with Crippen LogP contribution in [0.5, 0.6) is 0 Å². The Kier molecular flexibility index (Phi) is 26.6. The summed E-state index contributed by atoms with van der Waals surface area (Å²) < 4.78 is 1.04. The van der Waals surface area contributed by atoms with E-state index in [1.54, 1.807) is 6.92 Å². The largest absolute Gasteiger partial charge is 0.394 e. The molecule has 5 atom stereocenters. The number of hydrogen-bond acceptors (Lipinski definition) is 16. The van der Waals surface area contributed by atoms with Crippen LogP contribution in [0.2, 0.25) is 0 Å². The van der Waals surface area contributed by atoms with Gasteiger partial charge in [0.2, 0.25) is 0 Å². The highest BCUT2D eigenvalue weighted by Gasteiger charge is 2.33. The van der Waals surface area contributed by atoms with Gasteiger partial charge < -0.3 is 76.7 Å². The number of anilines is 2. The zero-order valence-corrected chi connectivity index (χ0v) is 46.9. The SMILES string of the molecule is Cc1c(NC(=O)C(O)CO)c(I)c(C(=O)N(C)CC(O)CO)c(I)c1C(=O)N(C)CCC(CCNO)CCNC(=O)c1c(I)c(NC(=O)C(O)CO)c(I)c(C(=O)N(C)CC(O)CO)c1I. The number of hydroxylamine groups is 1. The highest BCUT2D eigenvalue weighted by molar-refractivity contribution is 14.1. The Labute approximate surface area is 448 Å². The van der Waals surface area contributed by atoms with Crippen molar-refractivity contribution in [3.63, 3.8) is 0 Å². The van der Waals surface area contributed by atoms with Gasteiger partial charge in [0.05, 0.1) is 83.0 Å². The normalized spacial score (nSPS) is 13.5. The third-order valence-corrected chi connectivity index (χ3v) is 15.5. The lowest BCUT2D eigenvalue weighted by Crippen LogP contribution is -2.38. The van der Waals surface area contributed by atoms with Gasteiger partial charge in [-0.25, -0.2) is 5.48 Å². The molecule has 0 saturated carbocycles. The van der Waals surface area contributed by atoms with E-state index in [2.05, 4.69) is 21.4 Å². The molecule has 0 aliphatic carbocycles. The van der Waals surface area contributed by atoms with Crippen LogP contribution < -0.4 is 21.4 Å². The summed E-state index contributed by atoms with van der Waals surface area (Å²) in [7, 11) is 4.29. The van der Waals surface area contributed by atoms with Crippen molar-refractivity contribution < 1.29 is 74.8 Å². The molecule has 5 unspecified atom stereocenters. The molecule has 27 heteroatoms. The number of benzene rings is 2. The molecular weight excluding hydrogens is 1440 g/mol. The van der Waals surface area contributed by atoms with Crippen molar-refractivity contribution in [2.45, 2.75) is 50.6 Å². The molecule has 6 amide bonds. The topological polar surface area (TPSA) is 342 Å². The van der Waals surface area contributed by atoms with Crippen molar-refractivity contribution in [2.75, 3.05) is 90.9 Å². The number of carbonyl (C=O) groups excluding carboxylic acids is 6. The van der Waals surface area contributed by atoms with Gasteiger partial charge in [0.15, 0.2) is 12.2 Å². The number of carbonyl (C=O) groups is 6. The molecule has 0 radical (unpaired) electrons. The van der Waals surface area contributed by atoms with Gasteiger partial charge >= 0.3 is 0 Å². The molecule has 2 aromatic carbocycles. The van der Waals surface area contributed by atoms with E-state index in [0.717, 1.165) is 9.80 Å². The van der Waals surface area contributed by atoms with Crippen molar-refractivity contribution in [3.05, 3.63) is 45.7 Å². The summed E-state index contributed by atoms with van der Waals surface area (Å²) in [5.74, 6) is -4.71. The first-order chi connectivity index (χ1) is 30.9. The van der Waals surface area contributed by atoms with E-state index < -0.39 is 86.3 Å². The minimum absolute atomic E-state index is 0.00121. The van der Waals surface area contributed by atoms with Crippen LogP contribution in [0, 0.1) is 30.7 Å². The maximum atomic E-state index is 14.3. The molecular formula is C39H54I5N7O15. The fourth-order valence-corrected chi connectivity index (χ4v) is 13.4. The van der Waals surface area contributed by atoms with Crippen LogP contribution in [0.4, 0.5) is 11.4 Å². The summed E-state index contributed by atoms with van der Waals surface area (Å²) in [6.07, 6.45) is -5.12. The molecule has 0 aliphatic rings. The predicted molar refractivity (Wildman–Crippen MR) is 281 cm³/mol. The molecule has 0 spiro atoms. The number of aliphatic hydroxyl groups excluding tert-OH is 8. The van der Waals surface area contributed by atoms with Crippen LogP contribution in [-0.4, -0.2) is 201 Å². The Balaban J connectivity index is 2.49. The maximum Gasteiger partial charge on any atom is 0.255 e. The average Bonchev–Trinajstić information content (AvgIpc) is 3.28. The summed E-state index contributed by atoms with van der Waals surface area (Å²) in [4.78, 5) is 85.0. The lowest BCUT2D eigenvalue weighted by atomic mass is 9.96. The molecule has 370 valence electrons. The van der Waals surface area contributed by atoms with Gasteiger partial charge in [0, 0.05) is 61.0 Å². The summed E-state index contributed by atoms with van der Waals surface area (Å²) in [6.45, 7) is -1.69. The summed E-state index contributed by atoms with van der Waals surface area (Å²) >= 11 is 9.14. The number of hydrogen-bond donors (Lipinski definition) is 13. The summed E-state index contributed by atoms with van der Waals surface area (Å²) in [5.41, 5.74) is 2.45. The van der Waals surface area contributed by atoms with E-state index in [0.29, 0.717) is 19.3 Å². The number of aliphatic hydroxyl groups is 8. The predicted octanol–water partition coefficient (Wildman–Crippen LogP) is -0.281. The molecule has 0 heterocycles. The smallest absolute Gasteiger partial charge is 0.255 e. The average molecular weight is 1500 g/mol. The van der Waals surface area contributed by atoms with Crippen LogP contribution in [0.15, 0.2) is 0 Å².